The van der Waals surface area contributed by atoms with E-state index in [1.165, 1.54) is 12.1 Å². The zero-order valence-corrected chi connectivity index (χ0v) is 9.45. The Morgan fingerprint density at radius 2 is 1.56 bits per heavy atom. The van der Waals surface area contributed by atoms with E-state index in [1.54, 1.807) is 0 Å². The lowest BCUT2D eigenvalue weighted by atomic mass is 9.86. The molecule has 0 bridgehead atoms. The van der Waals surface area contributed by atoms with Crippen LogP contribution >= 0.6 is 0 Å². The van der Waals surface area contributed by atoms with Crippen LogP contribution in [0.3, 0.4) is 0 Å². The topological polar surface area (TPSA) is 0 Å². The quantitative estimate of drug-likeness (QED) is 0.638. The molecule has 0 atom stereocenters. The van der Waals surface area contributed by atoms with E-state index >= 15 is 0 Å². The van der Waals surface area contributed by atoms with Gasteiger partial charge in [-0.2, -0.15) is 13.2 Å². The lowest BCUT2D eigenvalue weighted by molar-refractivity contribution is -0.127. The summed E-state index contributed by atoms with van der Waals surface area (Å²) in [7, 11) is 0. The maximum atomic E-state index is 13.2. The van der Waals surface area contributed by atoms with Crippen molar-refractivity contribution in [2.45, 2.75) is 38.8 Å². The Kier molecular flexibility index (Phi) is 3.31. The molecule has 0 fully saturated rings. The summed E-state index contributed by atoms with van der Waals surface area (Å²) in [4.78, 5) is 0. The lowest BCUT2D eigenvalue weighted by Gasteiger charge is -2.20. The molecule has 0 nitrogen and oxygen atoms in total. The van der Waals surface area contributed by atoms with Crippen LogP contribution in [-0.4, -0.2) is 6.18 Å². The van der Waals surface area contributed by atoms with Gasteiger partial charge in [0.25, 0.3) is 0 Å². The van der Waals surface area contributed by atoms with Crippen molar-refractivity contribution in [3.8, 4) is 0 Å². The molecule has 0 spiro atoms. The zero-order valence-electron chi connectivity index (χ0n) is 9.45. The summed E-state index contributed by atoms with van der Waals surface area (Å²) in [6.07, 6.45) is -5.39. The third-order valence-electron chi connectivity index (χ3n) is 2.23. The highest BCUT2D eigenvalue weighted by Crippen LogP contribution is 2.27. The summed E-state index contributed by atoms with van der Waals surface area (Å²) in [6, 6.07) is 3.62. The molecule has 0 saturated heterocycles. The van der Waals surface area contributed by atoms with Crippen molar-refractivity contribution in [2.24, 2.45) is 0 Å². The Morgan fingerprint density at radius 1 is 1.00 bits per heavy atom. The van der Waals surface area contributed by atoms with Crippen molar-refractivity contribution in [3.63, 3.8) is 0 Å². The normalized spacial score (nSPS) is 12.9. The standard InChI is InChI=1S/C12H14F4/c1-11(2,3)9-4-8(5-10(13)6-9)7-12(14,15)16/h4-6H,7H2,1-3H3. The van der Waals surface area contributed by atoms with E-state index in [0.717, 1.165) is 6.07 Å². The molecule has 0 aliphatic rings. The molecule has 0 radical (unpaired) electrons. The van der Waals surface area contributed by atoms with E-state index in [-0.39, 0.29) is 11.0 Å². The van der Waals surface area contributed by atoms with Crippen LogP contribution < -0.4 is 0 Å². The Balaban J connectivity index is 3.09. The summed E-state index contributed by atoms with van der Waals surface area (Å²) >= 11 is 0. The van der Waals surface area contributed by atoms with E-state index in [4.69, 9.17) is 0 Å². The molecule has 0 amide bonds. The van der Waals surface area contributed by atoms with E-state index in [1.807, 2.05) is 20.8 Å². The van der Waals surface area contributed by atoms with Gasteiger partial charge in [0.2, 0.25) is 0 Å². The highest BCUT2D eigenvalue weighted by Gasteiger charge is 2.28. The first-order valence-electron chi connectivity index (χ1n) is 4.95. The monoisotopic (exact) mass is 234 g/mol. The fraction of sp³-hybridized carbons (Fsp3) is 0.500. The minimum Gasteiger partial charge on any atom is -0.207 e. The summed E-state index contributed by atoms with van der Waals surface area (Å²) in [5.41, 5.74) is 0.187. The van der Waals surface area contributed by atoms with Crippen LogP contribution in [-0.2, 0) is 11.8 Å². The van der Waals surface area contributed by atoms with E-state index in [2.05, 4.69) is 0 Å². The second-order valence-corrected chi connectivity index (χ2v) is 4.89. The average molecular weight is 234 g/mol. The number of halogens is 4. The summed E-state index contributed by atoms with van der Waals surface area (Å²) in [6.45, 7) is 5.50. The number of hydrogen-bond acceptors (Lipinski definition) is 0. The van der Waals surface area contributed by atoms with E-state index in [0.29, 0.717) is 5.56 Å². The third-order valence-corrected chi connectivity index (χ3v) is 2.23. The molecule has 1 aromatic rings. The fourth-order valence-electron chi connectivity index (χ4n) is 1.42. The molecular formula is C12H14F4. The second-order valence-electron chi connectivity index (χ2n) is 4.89. The summed E-state index contributed by atoms with van der Waals surface area (Å²) < 4.78 is 49.7. The Hall–Kier alpha value is -1.06. The molecule has 0 aliphatic heterocycles. The van der Waals surface area contributed by atoms with Gasteiger partial charge in [-0.15, -0.1) is 0 Å². The molecule has 1 aromatic carbocycles. The van der Waals surface area contributed by atoms with Crippen LogP contribution in [0.15, 0.2) is 18.2 Å². The number of rotatable bonds is 1. The largest absolute Gasteiger partial charge is 0.393 e. The fourth-order valence-corrected chi connectivity index (χ4v) is 1.42. The Labute approximate surface area is 92.3 Å². The molecule has 1 rings (SSSR count). The van der Waals surface area contributed by atoms with Crippen molar-refractivity contribution in [3.05, 3.63) is 35.1 Å². The number of benzene rings is 1. The molecule has 90 valence electrons. The minimum absolute atomic E-state index is 0.0302. The van der Waals surface area contributed by atoms with Gasteiger partial charge >= 0.3 is 6.18 Å². The Morgan fingerprint density at radius 3 is 2.00 bits per heavy atom. The maximum Gasteiger partial charge on any atom is 0.393 e. The van der Waals surface area contributed by atoms with Gasteiger partial charge in [0.05, 0.1) is 6.42 Å². The molecular weight excluding hydrogens is 220 g/mol. The van der Waals surface area contributed by atoms with Crippen molar-refractivity contribution >= 4 is 0 Å². The van der Waals surface area contributed by atoms with Gasteiger partial charge < -0.3 is 0 Å². The van der Waals surface area contributed by atoms with Gasteiger partial charge in [-0.05, 0) is 28.7 Å². The van der Waals surface area contributed by atoms with Gasteiger partial charge in [-0.1, -0.05) is 26.8 Å². The van der Waals surface area contributed by atoms with Gasteiger partial charge in [-0.3, -0.25) is 0 Å². The first-order chi connectivity index (χ1) is 7.08. The summed E-state index contributed by atoms with van der Waals surface area (Å²) in [5.74, 6) is -0.619. The smallest absolute Gasteiger partial charge is 0.207 e. The van der Waals surface area contributed by atoms with Gasteiger partial charge in [0, 0.05) is 0 Å². The zero-order chi connectivity index (χ0) is 12.6. The molecule has 0 aromatic heterocycles. The first-order valence-corrected chi connectivity index (χ1v) is 4.95. The molecule has 0 N–H and O–H groups in total. The van der Waals surface area contributed by atoms with Crippen molar-refractivity contribution in [1.29, 1.82) is 0 Å². The Bertz CT molecular complexity index is 372. The van der Waals surface area contributed by atoms with Crippen molar-refractivity contribution in [2.75, 3.05) is 0 Å². The van der Waals surface area contributed by atoms with Gasteiger partial charge in [0.1, 0.15) is 5.82 Å². The van der Waals surface area contributed by atoms with Crippen LogP contribution in [0.2, 0.25) is 0 Å². The third kappa shape index (κ3) is 3.83. The van der Waals surface area contributed by atoms with Crippen LogP contribution in [0.1, 0.15) is 31.9 Å². The molecule has 0 unspecified atom stereocenters. The number of alkyl halides is 3. The highest BCUT2D eigenvalue weighted by atomic mass is 19.4. The predicted molar refractivity (Wildman–Crippen MR) is 54.9 cm³/mol. The maximum absolute atomic E-state index is 13.2. The van der Waals surface area contributed by atoms with Crippen molar-refractivity contribution in [1.82, 2.24) is 0 Å². The van der Waals surface area contributed by atoms with Gasteiger partial charge in [-0.25, -0.2) is 4.39 Å². The van der Waals surface area contributed by atoms with Crippen LogP contribution in [0.4, 0.5) is 17.6 Å². The van der Waals surface area contributed by atoms with E-state index < -0.39 is 18.4 Å². The highest BCUT2D eigenvalue weighted by molar-refractivity contribution is 5.30. The van der Waals surface area contributed by atoms with E-state index in [9.17, 15) is 17.6 Å². The lowest BCUT2D eigenvalue weighted by Crippen LogP contribution is -2.15. The van der Waals surface area contributed by atoms with Crippen molar-refractivity contribution < 1.29 is 17.6 Å². The SMILES string of the molecule is CC(C)(C)c1cc(F)cc(CC(F)(F)F)c1. The summed E-state index contributed by atoms with van der Waals surface area (Å²) in [5, 5.41) is 0. The molecule has 0 aliphatic carbocycles. The van der Waals surface area contributed by atoms with Gasteiger partial charge in [0.15, 0.2) is 0 Å². The van der Waals surface area contributed by atoms with Crippen LogP contribution in [0, 0.1) is 5.82 Å². The molecule has 0 heterocycles. The average Bonchev–Trinajstić information content (AvgIpc) is 1.97. The molecule has 0 saturated carbocycles. The first kappa shape index (κ1) is 13.0. The predicted octanol–water partition coefficient (Wildman–Crippen LogP) is 4.23. The molecule has 4 heteroatoms. The minimum atomic E-state index is -4.30. The molecule has 16 heavy (non-hydrogen) atoms. The number of hydrogen-bond donors (Lipinski definition) is 0. The second kappa shape index (κ2) is 4.07. The van der Waals surface area contributed by atoms with Crippen LogP contribution in [0.25, 0.3) is 0 Å². The van der Waals surface area contributed by atoms with Crippen LogP contribution in [0.5, 0.6) is 0 Å².